The van der Waals surface area contributed by atoms with Gasteiger partial charge in [0, 0.05) is 17.8 Å². The topological polar surface area (TPSA) is 88.0 Å². The van der Waals surface area contributed by atoms with E-state index in [-0.39, 0.29) is 6.42 Å². The van der Waals surface area contributed by atoms with Crippen molar-refractivity contribution in [3.63, 3.8) is 0 Å². The number of H-pyrrole nitrogens is 1. The summed E-state index contributed by atoms with van der Waals surface area (Å²) >= 11 is 1.41. The molecule has 0 fully saturated rings. The second kappa shape index (κ2) is 4.84. The number of nitrogens with one attached hydrogen (secondary N) is 2. The first-order chi connectivity index (χ1) is 9.91. The molecule has 0 atom stereocenters. The zero-order chi connectivity index (χ0) is 15.0. The van der Waals surface area contributed by atoms with Crippen molar-refractivity contribution in [2.24, 2.45) is 0 Å². The van der Waals surface area contributed by atoms with Gasteiger partial charge in [-0.3, -0.25) is 19.6 Å². The van der Waals surface area contributed by atoms with Crippen molar-refractivity contribution in [1.29, 1.82) is 0 Å². The Balaban J connectivity index is 1.66. The summed E-state index contributed by atoms with van der Waals surface area (Å²) in [6.45, 7) is 0. The van der Waals surface area contributed by atoms with Crippen molar-refractivity contribution in [3.05, 3.63) is 29.3 Å². The lowest BCUT2D eigenvalue weighted by Crippen LogP contribution is -2.16. The third kappa shape index (κ3) is 2.86. The number of imidazole rings is 1. The van der Waals surface area contributed by atoms with Crippen molar-refractivity contribution in [1.82, 2.24) is 24.6 Å². The standard InChI is InChI=1S/C10H7F3N6OS/c11-10(12,13)7-16-8(18-17-7)15-6(20)3-5-4-19-1-2-21-9(19)14-5/h1-2,4H,3H2,(H2,15,16,17,18,20). The van der Waals surface area contributed by atoms with Crippen molar-refractivity contribution < 1.29 is 18.0 Å². The van der Waals surface area contributed by atoms with Gasteiger partial charge >= 0.3 is 6.18 Å². The average Bonchev–Trinajstić information content (AvgIpc) is 3.02. The number of carbonyl (C=O) groups is 1. The maximum atomic E-state index is 12.3. The van der Waals surface area contributed by atoms with Crippen LogP contribution in [0.25, 0.3) is 4.96 Å². The van der Waals surface area contributed by atoms with Crippen LogP contribution >= 0.6 is 11.3 Å². The first-order valence-corrected chi connectivity index (χ1v) is 6.50. The first kappa shape index (κ1) is 13.5. The van der Waals surface area contributed by atoms with Gasteiger partial charge in [-0.05, 0) is 0 Å². The van der Waals surface area contributed by atoms with E-state index in [9.17, 15) is 18.0 Å². The monoisotopic (exact) mass is 316 g/mol. The summed E-state index contributed by atoms with van der Waals surface area (Å²) in [6, 6.07) is 0. The minimum atomic E-state index is -4.63. The van der Waals surface area contributed by atoms with Crippen LogP contribution in [-0.4, -0.2) is 30.5 Å². The highest BCUT2D eigenvalue weighted by Crippen LogP contribution is 2.26. The lowest BCUT2D eigenvalue weighted by molar-refractivity contribution is -0.144. The van der Waals surface area contributed by atoms with Gasteiger partial charge in [-0.2, -0.15) is 18.2 Å². The molecule has 0 aromatic carbocycles. The lowest BCUT2D eigenvalue weighted by Gasteiger charge is -1.99. The zero-order valence-electron chi connectivity index (χ0n) is 10.2. The molecule has 21 heavy (non-hydrogen) atoms. The van der Waals surface area contributed by atoms with Crippen LogP contribution in [-0.2, 0) is 17.4 Å². The maximum Gasteiger partial charge on any atom is 0.451 e. The lowest BCUT2D eigenvalue weighted by atomic mass is 10.3. The molecule has 1 amide bonds. The van der Waals surface area contributed by atoms with Crippen LogP contribution in [0.15, 0.2) is 17.8 Å². The number of aromatic amines is 1. The summed E-state index contributed by atoms with van der Waals surface area (Å²) in [7, 11) is 0. The number of anilines is 1. The van der Waals surface area contributed by atoms with Crippen LogP contribution in [0, 0.1) is 0 Å². The molecule has 3 aromatic heterocycles. The fraction of sp³-hybridized carbons (Fsp3) is 0.200. The Morgan fingerprint density at radius 3 is 2.90 bits per heavy atom. The number of halogens is 3. The Bertz CT molecular complexity index is 760. The number of alkyl halides is 3. The van der Waals surface area contributed by atoms with Crippen molar-refractivity contribution in [2.75, 3.05) is 5.32 Å². The summed E-state index contributed by atoms with van der Waals surface area (Å²) in [5.41, 5.74) is 0.505. The van der Waals surface area contributed by atoms with Crippen LogP contribution in [0.4, 0.5) is 19.1 Å². The number of carbonyl (C=O) groups excluding carboxylic acids is 1. The van der Waals surface area contributed by atoms with E-state index in [2.05, 4.69) is 20.4 Å². The fourth-order valence-corrected chi connectivity index (χ4v) is 2.36. The smallest absolute Gasteiger partial charge is 0.297 e. The Kier molecular flexibility index (Phi) is 3.12. The normalized spacial score (nSPS) is 12.0. The molecule has 0 radical (unpaired) electrons. The van der Waals surface area contributed by atoms with Crippen LogP contribution < -0.4 is 5.32 Å². The Morgan fingerprint density at radius 1 is 1.43 bits per heavy atom. The minimum Gasteiger partial charge on any atom is -0.297 e. The molecule has 0 aliphatic carbocycles. The second-order valence-electron chi connectivity index (χ2n) is 4.06. The number of fused-ring (bicyclic) bond motifs is 1. The molecular weight excluding hydrogens is 309 g/mol. The summed E-state index contributed by atoms with van der Waals surface area (Å²) in [5.74, 6) is -2.23. The maximum absolute atomic E-state index is 12.3. The van der Waals surface area contributed by atoms with Crippen LogP contribution in [0.5, 0.6) is 0 Å². The Hall–Kier alpha value is -2.43. The number of aromatic nitrogens is 5. The second-order valence-corrected chi connectivity index (χ2v) is 4.93. The van der Waals surface area contributed by atoms with E-state index >= 15 is 0 Å². The summed E-state index contributed by atoms with van der Waals surface area (Å²) in [6.07, 6.45) is -1.25. The molecule has 110 valence electrons. The SMILES string of the molecule is O=C(Cc1cn2ccsc2n1)Nc1n[nH]c(C(F)(F)F)n1. The average molecular weight is 316 g/mol. The van der Waals surface area contributed by atoms with Crippen molar-refractivity contribution >= 4 is 28.2 Å². The van der Waals surface area contributed by atoms with E-state index in [0.717, 1.165) is 4.96 Å². The quantitative estimate of drug-likeness (QED) is 0.770. The molecular formula is C10H7F3N6OS. The fourth-order valence-electron chi connectivity index (χ4n) is 1.64. The molecule has 0 aliphatic heterocycles. The first-order valence-electron chi connectivity index (χ1n) is 5.62. The Labute approximate surface area is 118 Å². The summed E-state index contributed by atoms with van der Waals surface area (Å²) in [4.78, 5) is 19.8. The highest BCUT2D eigenvalue weighted by Gasteiger charge is 2.35. The van der Waals surface area contributed by atoms with E-state index in [4.69, 9.17) is 0 Å². The molecule has 3 aromatic rings. The predicted molar refractivity (Wildman–Crippen MR) is 66.8 cm³/mol. The molecule has 0 bridgehead atoms. The highest BCUT2D eigenvalue weighted by molar-refractivity contribution is 7.15. The van der Waals surface area contributed by atoms with Gasteiger partial charge in [0.25, 0.3) is 0 Å². The van der Waals surface area contributed by atoms with E-state index in [1.165, 1.54) is 11.3 Å². The van der Waals surface area contributed by atoms with Gasteiger partial charge < -0.3 is 0 Å². The molecule has 7 nitrogen and oxygen atoms in total. The van der Waals surface area contributed by atoms with E-state index in [1.807, 2.05) is 5.38 Å². The highest BCUT2D eigenvalue weighted by atomic mass is 32.1. The van der Waals surface area contributed by atoms with Crippen molar-refractivity contribution in [3.8, 4) is 0 Å². The van der Waals surface area contributed by atoms with Gasteiger partial charge in [-0.1, -0.05) is 0 Å². The largest absolute Gasteiger partial charge is 0.451 e. The number of nitrogens with zero attached hydrogens (tertiary/aromatic N) is 4. The summed E-state index contributed by atoms with van der Waals surface area (Å²) in [5, 5.41) is 9.03. The van der Waals surface area contributed by atoms with Crippen LogP contribution in [0.2, 0.25) is 0 Å². The van der Waals surface area contributed by atoms with Crippen molar-refractivity contribution in [2.45, 2.75) is 12.6 Å². The minimum absolute atomic E-state index is 0.0791. The molecule has 0 saturated carbocycles. The van der Waals surface area contributed by atoms with Gasteiger partial charge in [0.05, 0.1) is 12.1 Å². The van der Waals surface area contributed by atoms with Crippen LogP contribution in [0.1, 0.15) is 11.5 Å². The van der Waals surface area contributed by atoms with Crippen LogP contribution in [0.3, 0.4) is 0 Å². The van der Waals surface area contributed by atoms with E-state index in [1.54, 1.807) is 21.9 Å². The molecule has 11 heteroatoms. The number of hydrogen-bond donors (Lipinski definition) is 2. The molecule has 3 heterocycles. The van der Waals surface area contributed by atoms with E-state index < -0.39 is 23.9 Å². The van der Waals surface area contributed by atoms with E-state index in [0.29, 0.717) is 5.69 Å². The number of amides is 1. The van der Waals surface area contributed by atoms with Gasteiger partial charge in [0.1, 0.15) is 0 Å². The molecule has 3 rings (SSSR count). The summed E-state index contributed by atoms with van der Waals surface area (Å²) < 4.78 is 38.7. The molecule has 0 spiro atoms. The zero-order valence-corrected chi connectivity index (χ0v) is 11.0. The molecule has 2 N–H and O–H groups in total. The molecule has 0 aliphatic rings. The van der Waals surface area contributed by atoms with Gasteiger partial charge in [-0.15, -0.1) is 16.4 Å². The van der Waals surface area contributed by atoms with Gasteiger partial charge in [-0.25, -0.2) is 4.98 Å². The molecule has 0 saturated heterocycles. The van der Waals surface area contributed by atoms with Gasteiger partial charge in [0.2, 0.25) is 17.7 Å². The van der Waals surface area contributed by atoms with Gasteiger partial charge in [0.15, 0.2) is 4.96 Å². The number of rotatable bonds is 3. The predicted octanol–water partition coefficient (Wildman–Crippen LogP) is 1.71. The third-order valence-electron chi connectivity index (χ3n) is 2.49. The Morgan fingerprint density at radius 2 is 2.24 bits per heavy atom. The number of thiazole rings is 1. The third-order valence-corrected chi connectivity index (χ3v) is 3.26. The number of hydrogen-bond acceptors (Lipinski definition) is 5. The molecule has 0 unspecified atom stereocenters.